The largest absolute Gasteiger partial charge is 0.416 e. The van der Waals surface area contributed by atoms with E-state index in [1.165, 1.54) is 24.3 Å². The Morgan fingerprint density at radius 1 is 1.03 bits per heavy atom. The fourth-order valence-electron chi connectivity index (χ4n) is 3.94. The fourth-order valence-corrected chi connectivity index (χ4v) is 3.94. The lowest BCUT2D eigenvalue weighted by molar-refractivity contribution is -0.137. The molecule has 1 aliphatic rings. The third-order valence-corrected chi connectivity index (χ3v) is 5.87. The standard InChI is InChI=1S/C28H23F3N2O4/c29-28(30,31)20-13-11-19(12-14-20)21(18-9-7-17(16-34)8-10-18)3-1-6-26(36)32-23-4-2-5-24-22(23)15-25(35)27(37)33-24/h1-14,25,34-35H,15-16H2,(H,32,36)(H,33,37)/b6-1+,21-3+. The second kappa shape index (κ2) is 10.8. The summed E-state index contributed by atoms with van der Waals surface area (Å²) in [5, 5.41) is 24.5. The van der Waals surface area contributed by atoms with E-state index in [1.54, 1.807) is 48.5 Å². The predicted octanol–water partition coefficient (Wildman–Crippen LogP) is 4.68. The molecule has 0 saturated heterocycles. The Hall–Kier alpha value is -4.21. The molecule has 1 aliphatic heterocycles. The SMILES string of the molecule is O=C(/C=C/C=C(\c1ccc(CO)cc1)c1ccc(C(F)(F)F)cc1)Nc1cccc2c1CC(O)C(=O)N2. The van der Waals surface area contributed by atoms with Gasteiger partial charge in [-0.25, -0.2) is 0 Å². The summed E-state index contributed by atoms with van der Waals surface area (Å²) in [6.07, 6.45) is -1.26. The number of anilines is 2. The minimum atomic E-state index is -4.46. The molecule has 3 aromatic rings. The smallest absolute Gasteiger partial charge is 0.392 e. The first-order valence-corrected chi connectivity index (χ1v) is 11.3. The molecule has 3 aromatic carbocycles. The van der Waals surface area contributed by atoms with Crippen molar-refractivity contribution in [1.29, 1.82) is 0 Å². The van der Waals surface area contributed by atoms with Crippen LogP contribution in [0.5, 0.6) is 0 Å². The number of allylic oxidation sites excluding steroid dienone is 2. The number of aliphatic hydroxyl groups excluding tert-OH is 2. The van der Waals surface area contributed by atoms with Crippen molar-refractivity contribution < 1.29 is 33.0 Å². The summed E-state index contributed by atoms with van der Waals surface area (Å²) >= 11 is 0. The number of carbonyl (C=O) groups is 2. The van der Waals surface area contributed by atoms with Gasteiger partial charge in [-0.05, 0) is 46.5 Å². The van der Waals surface area contributed by atoms with Crippen LogP contribution in [0.2, 0.25) is 0 Å². The highest BCUT2D eigenvalue weighted by atomic mass is 19.4. The van der Waals surface area contributed by atoms with Crippen LogP contribution in [0.15, 0.2) is 85.0 Å². The third-order valence-electron chi connectivity index (χ3n) is 5.87. The van der Waals surface area contributed by atoms with E-state index in [-0.39, 0.29) is 13.0 Å². The Labute approximate surface area is 210 Å². The van der Waals surface area contributed by atoms with Gasteiger partial charge >= 0.3 is 6.18 Å². The van der Waals surface area contributed by atoms with Gasteiger partial charge in [0, 0.05) is 29.4 Å². The summed E-state index contributed by atoms with van der Waals surface area (Å²) < 4.78 is 39.0. The molecule has 190 valence electrons. The maximum atomic E-state index is 13.0. The Morgan fingerprint density at radius 2 is 1.68 bits per heavy atom. The van der Waals surface area contributed by atoms with Crippen LogP contribution in [0.25, 0.3) is 5.57 Å². The van der Waals surface area contributed by atoms with Crippen LogP contribution in [0.3, 0.4) is 0 Å². The van der Waals surface area contributed by atoms with E-state index in [4.69, 9.17) is 0 Å². The number of benzene rings is 3. The number of hydrogen-bond donors (Lipinski definition) is 4. The number of aliphatic hydroxyl groups is 2. The van der Waals surface area contributed by atoms with Crippen LogP contribution in [-0.2, 0) is 28.8 Å². The zero-order valence-electron chi connectivity index (χ0n) is 19.4. The number of hydrogen-bond acceptors (Lipinski definition) is 4. The van der Waals surface area contributed by atoms with Crippen LogP contribution < -0.4 is 10.6 Å². The van der Waals surface area contributed by atoms with Crippen molar-refractivity contribution in [2.45, 2.75) is 25.3 Å². The van der Waals surface area contributed by atoms with E-state index in [0.29, 0.717) is 39.2 Å². The molecule has 1 heterocycles. The molecule has 1 atom stereocenters. The predicted molar refractivity (Wildman–Crippen MR) is 133 cm³/mol. The minimum absolute atomic E-state index is 0.0587. The van der Waals surface area contributed by atoms with E-state index in [9.17, 15) is 33.0 Å². The number of amides is 2. The first-order chi connectivity index (χ1) is 17.7. The molecule has 4 N–H and O–H groups in total. The first kappa shape index (κ1) is 25.9. The highest BCUT2D eigenvalue weighted by Gasteiger charge is 2.30. The van der Waals surface area contributed by atoms with Gasteiger partial charge in [0.25, 0.3) is 5.91 Å². The lowest BCUT2D eigenvalue weighted by Gasteiger charge is -2.23. The molecular weight excluding hydrogens is 485 g/mol. The van der Waals surface area contributed by atoms with Crippen LogP contribution in [-0.4, -0.2) is 28.1 Å². The minimum Gasteiger partial charge on any atom is -0.392 e. The zero-order valence-corrected chi connectivity index (χ0v) is 19.4. The molecule has 9 heteroatoms. The molecule has 0 spiro atoms. The number of nitrogens with one attached hydrogen (secondary N) is 2. The topological polar surface area (TPSA) is 98.7 Å². The summed E-state index contributed by atoms with van der Waals surface area (Å²) in [6, 6.07) is 16.6. The summed E-state index contributed by atoms with van der Waals surface area (Å²) in [5.41, 5.74) is 3.23. The van der Waals surface area contributed by atoms with Crippen molar-refractivity contribution >= 4 is 28.8 Å². The summed E-state index contributed by atoms with van der Waals surface area (Å²) in [6.45, 7) is -0.149. The Balaban J connectivity index is 1.59. The average Bonchev–Trinajstić information content (AvgIpc) is 2.87. The molecule has 0 aliphatic carbocycles. The Kier molecular flexibility index (Phi) is 7.56. The van der Waals surface area contributed by atoms with Crippen LogP contribution in [0.4, 0.5) is 24.5 Å². The molecule has 4 rings (SSSR count). The highest BCUT2D eigenvalue weighted by molar-refractivity contribution is 6.03. The summed E-state index contributed by atoms with van der Waals surface area (Å²) in [5.74, 6) is -0.984. The van der Waals surface area contributed by atoms with E-state index in [1.807, 2.05) is 0 Å². The van der Waals surface area contributed by atoms with Gasteiger partial charge in [-0.3, -0.25) is 9.59 Å². The molecule has 37 heavy (non-hydrogen) atoms. The normalized spacial score (nSPS) is 15.9. The van der Waals surface area contributed by atoms with Gasteiger partial charge in [-0.15, -0.1) is 0 Å². The average molecular weight is 508 g/mol. The van der Waals surface area contributed by atoms with Crippen molar-refractivity contribution in [3.8, 4) is 0 Å². The van der Waals surface area contributed by atoms with Crippen molar-refractivity contribution in [3.05, 3.63) is 113 Å². The van der Waals surface area contributed by atoms with E-state index >= 15 is 0 Å². The number of rotatable bonds is 6. The molecule has 0 radical (unpaired) electrons. The summed E-state index contributed by atoms with van der Waals surface area (Å²) in [7, 11) is 0. The zero-order chi connectivity index (χ0) is 26.6. The molecule has 0 fully saturated rings. The second-order valence-electron chi connectivity index (χ2n) is 8.40. The quantitative estimate of drug-likeness (QED) is 0.287. The first-order valence-electron chi connectivity index (χ1n) is 11.3. The maximum Gasteiger partial charge on any atom is 0.416 e. The monoisotopic (exact) mass is 508 g/mol. The van der Waals surface area contributed by atoms with E-state index < -0.39 is 29.7 Å². The van der Waals surface area contributed by atoms with Crippen LogP contribution in [0.1, 0.15) is 27.8 Å². The van der Waals surface area contributed by atoms with Crippen LogP contribution >= 0.6 is 0 Å². The van der Waals surface area contributed by atoms with Gasteiger partial charge in [0.1, 0.15) is 6.10 Å². The lowest BCUT2D eigenvalue weighted by atomic mass is 9.95. The molecule has 0 saturated carbocycles. The van der Waals surface area contributed by atoms with Crippen molar-refractivity contribution in [2.75, 3.05) is 10.6 Å². The van der Waals surface area contributed by atoms with Gasteiger partial charge in [0.2, 0.25) is 5.91 Å². The van der Waals surface area contributed by atoms with Crippen molar-refractivity contribution in [2.24, 2.45) is 0 Å². The molecule has 6 nitrogen and oxygen atoms in total. The number of fused-ring (bicyclic) bond motifs is 1. The van der Waals surface area contributed by atoms with Crippen LogP contribution in [0, 0.1) is 0 Å². The Morgan fingerprint density at radius 3 is 2.30 bits per heavy atom. The number of alkyl halides is 3. The molecule has 1 unspecified atom stereocenters. The summed E-state index contributed by atoms with van der Waals surface area (Å²) in [4.78, 5) is 24.3. The molecule has 2 amide bonds. The highest BCUT2D eigenvalue weighted by Crippen LogP contribution is 2.32. The van der Waals surface area contributed by atoms with Gasteiger partial charge in [0.15, 0.2) is 0 Å². The Bertz CT molecular complexity index is 1360. The molecule has 0 bridgehead atoms. The van der Waals surface area contributed by atoms with E-state index in [0.717, 1.165) is 12.1 Å². The number of halogens is 3. The lowest BCUT2D eigenvalue weighted by Crippen LogP contribution is -2.34. The maximum absolute atomic E-state index is 13.0. The van der Waals surface area contributed by atoms with Crippen molar-refractivity contribution in [1.82, 2.24) is 0 Å². The van der Waals surface area contributed by atoms with Crippen molar-refractivity contribution in [3.63, 3.8) is 0 Å². The van der Waals surface area contributed by atoms with Gasteiger partial charge in [0.05, 0.1) is 12.2 Å². The van der Waals surface area contributed by atoms with Gasteiger partial charge < -0.3 is 20.8 Å². The van der Waals surface area contributed by atoms with E-state index in [2.05, 4.69) is 10.6 Å². The molecule has 0 aromatic heterocycles. The molecular formula is C28H23F3N2O4. The third kappa shape index (κ3) is 6.14. The van der Waals surface area contributed by atoms with Gasteiger partial charge in [-0.2, -0.15) is 13.2 Å². The second-order valence-corrected chi connectivity index (χ2v) is 8.40. The number of carbonyl (C=O) groups excluding carboxylic acids is 2. The fraction of sp³-hybridized carbons (Fsp3) is 0.143. The van der Waals surface area contributed by atoms with Gasteiger partial charge in [-0.1, -0.05) is 54.6 Å².